The molecule has 6 heteroatoms. The topological polar surface area (TPSA) is 58.6 Å². The van der Waals surface area contributed by atoms with Gasteiger partial charge in [-0.3, -0.25) is 15.0 Å². The van der Waals surface area contributed by atoms with Crippen molar-refractivity contribution in [3.8, 4) is 5.75 Å². The van der Waals surface area contributed by atoms with Gasteiger partial charge in [-0.15, -0.1) is 0 Å². The Morgan fingerprint density at radius 2 is 2.19 bits per heavy atom. The van der Waals surface area contributed by atoms with Gasteiger partial charge in [0.25, 0.3) is 0 Å². The maximum atomic E-state index is 11.5. The molecule has 0 aliphatic carbocycles. The Labute approximate surface area is 96.9 Å². The van der Waals surface area contributed by atoms with E-state index in [0.29, 0.717) is 16.5 Å². The van der Waals surface area contributed by atoms with E-state index in [9.17, 15) is 9.59 Å². The number of carbonyl (C=O) groups excluding carboxylic acids is 2. The van der Waals surface area contributed by atoms with E-state index >= 15 is 0 Å². The highest BCUT2D eigenvalue weighted by Gasteiger charge is 2.30. The molecular weight excluding hydrogens is 232 g/mol. The van der Waals surface area contributed by atoms with Crippen LogP contribution in [0.4, 0.5) is 10.5 Å². The molecule has 1 aromatic carbocycles. The highest BCUT2D eigenvalue weighted by molar-refractivity contribution is 6.31. The number of imide groups is 1. The summed E-state index contributed by atoms with van der Waals surface area (Å²) in [7, 11) is 1.49. The standard InChI is InChI=1S/C10H9ClN2O3/c1-16-8-3-2-6(11)4-7(8)13-5-9(14)12-10(13)15/h2-4H,5H2,1H3,(H,12,14,15). The van der Waals surface area contributed by atoms with Crippen molar-refractivity contribution >= 4 is 29.2 Å². The lowest BCUT2D eigenvalue weighted by molar-refractivity contribution is -0.117. The smallest absolute Gasteiger partial charge is 0.329 e. The Hall–Kier alpha value is -1.75. The van der Waals surface area contributed by atoms with Gasteiger partial charge in [0, 0.05) is 5.02 Å². The summed E-state index contributed by atoms with van der Waals surface area (Å²) in [6.45, 7) is -0.0183. The molecule has 0 spiro atoms. The number of anilines is 1. The number of ether oxygens (including phenoxy) is 1. The van der Waals surface area contributed by atoms with Crippen LogP contribution in [0.25, 0.3) is 0 Å². The first-order valence-corrected chi connectivity index (χ1v) is 4.94. The summed E-state index contributed by atoms with van der Waals surface area (Å²) in [5.41, 5.74) is 0.485. The average molecular weight is 241 g/mol. The van der Waals surface area contributed by atoms with Crippen molar-refractivity contribution in [2.75, 3.05) is 18.6 Å². The summed E-state index contributed by atoms with van der Waals surface area (Å²) < 4.78 is 5.10. The number of urea groups is 1. The molecule has 2 rings (SSSR count). The van der Waals surface area contributed by atoms with Gasteiger partial charge in [0.2, 0.25) is 5.91 Å². The molecule has 0 bridgehead atoms. The third-order valence-corrected chi connectivity index (χ3v) is 2.46. The average Bonchev–Trinajstić information content (AvgIpc) is 2.57. The predicted octanol–water partition coefficient (Wildman–Crippen LogP) is 1.40. The summed E-state index contributed by atoms with van der Waals surface area (Å²) in [4.78, 5) is 23.8. The van der Waals surface area contributed by atoms with Crippen molar-refractivity contribution in [2.45, 2.75) is 0 Å². The van der Waals surface area contributed by atoms with Crippen LogP contribution in [0, 0.1) is 0 Å². The van der Waals surface area contributed by atoms with Gasteiger partial charge in [0.1, 0.15) is 12.3 Å². The van der Waals surface area contributed by atoms with E-state index in [0.717, 1.165) is 0 Å². The summed E-state index contributed by atoms with van der Waals surface area (Å²) in [5, 5.41) is 2.66. The number of rotatable bonds is 2. The molecule has 0 radical (unpaired) electrons. The number of benzene rings is 1. The van der Waals surface area contributed by atoms with E-state index in [1.165, 1.54) is 12.0 Å². The number of hydrogen-bond acceptors (Lipinski definition) is 3. The number of amides is 3. The van der Waals surface area contributed by atoms with E-state index in [1.54, 1.807) is 18.2 Å². The molecule has 1 heterocycles. The van der Waals surface area contributed by atoms with Gasteiger partial charge in [-0.25, -0.2) is 4.79 Å². The zero-order valence-electron chi connectivity index (χ0n) is 8.49. The molecule has 1 aromatic rings. The van der Waals surface area contributed by atoms with E-state index in [-0.39, 0.29) is 12.5 Å². The first-order valence-electron chi connectivity index (χ1n) is 4.56. The molecule has 1 saturated heterocycles. The predicted molar refractivity (Wildman–Crippen MR) is 58.9 cm³/mol. The third kappa shape index (κ3) is 1.81. The molecule has 0 unspecified atom stereocenters. The van der Waals surface area contributed by atoms with Gasteiger partial charge in [-0.05, 0) is 18.2 Å². The molecule has 0 atom stereocenters. The maximum absolute atomic E-state index is 11.5. The van der Waals surface area contributed by atoms with Gasteiger partial charge in [-0.2, -0.15) is 0 Å². The Balaban J connectivity index is 2.42. The zero-order chi connectivity index (χ0) is 11.7. The Bertz CT molecular complexity index is 461. The Morgan fingerprint density at radius 1 is 1.44 bits per heavy atom. The van der Waals surface area contributed by atoms with Crippen molar-refractivity contribution < 1.29 is 14.3 Å². The molecule has 84 valence electrons. The first-order chi connectivity index (χ1) is 7.61. The number of halogens is 1. The molecule has 5 nitrogen and oxygen atoms in total. The van der Waals surface area contributed by atoms with Crippen molar-refractivity contribution in [2.24, 2.45) is 0 Å². The fourth-order valence-electron chi connectivity index (χ4n) is 1.51. The molecule has 1 fully saturated rings. The highest BCUT2D eigenvalue weighted by Crippen LogP contribution is 2.32. The normalized spacial score (nSPS) is 15.2. The molecule has 16 heavy (non-hydrogen) atoms. The largest absolute Gasteiger partial charge is 0.495 e. The van der Waals surface area contributed by atoms with E-state index in [2.05, 4.69) is 5.32 Å². The molecule has 1 N–H and O–H groups in total. The zero-order valence-corrected chi connectivity index (χ0v) is 9.25. The van der Waals surface area contributed by atoms with Gasteiger partial charge < -0.3 is 4.74 Å². The van der Waals surface area contributed by atoms with Crippen LogP contribution >= 0.6 is 11.6 Å². The van der Waals surface area contributed by atoms with Crippen LogP contribution in [0.2, 0.25) is 5.02 Å². The number of hydrogen-bond donors (Lipinski definition) is 1. The van der Waals surface area contributed by atoms with Gasteiger partial charge in [-0.1, -0.05) is 11.6 Å². The van der Waals surface area contributed by atoms with E-state index in [4.69, 9.17) is 16.3 Å². The molecule has 3 amide bonds. The van der Waals surface area contributed by atoms with Gasteiger partial charge in [0.05, 0.1) is 12.8 Å². The monoisotopic (exact) mass is 240 g/mol. The van der Waals surface area contributed by atoms with Crippen molar-refractivity contribution in [3.05, 3.63) is 23.2 Å². The van der Waals surface area contributed by atoms with Gasteiger partial charge in [0.15, 0.2) is 0 Å². The number of carbonyl (C=O) groups is 2. The van der Waals surface area contributed by atoms with Crippen LogP contribution in [0.3, 0.4) is 0 Å². The van der Waals surface area contributed by atoms with Crippen LogP contribution in [0.5, 0.6) is 5.75 Å². The third-order valence-electron chi connectivity index (χ3n) is 2.22. The summed E-state index contributed by atoms with van der Waals surface area (Å²) in [6.07, 6.45) is 0. The second kappa shape index (κ2) is 4.02. The minimum atomic E-state index is -0.467. The Morgan fingerprint density at radius 3 is 2.75 bits per heavy atom. The van der Waals surface area contributed by atoms with Crippen LogP contribution in [0.15, 0.2) is 18.2 Å². The fourth-order valence-corrected chi connectivity index (χ4v) is 1.68. The molecular formula is C10H9ClN2O3. The Kier molecular flexibility index (Phi) is 2.70. The van der Waals surface area contributed by atoms with Crippen LogP contribution in [0.1, 0.15) is 0 Å². The number of methoxy groups -OCH3 is 1. The molecule has 0 saturated carbocycles. The minimum absolute atomic E-state index is 0.0183. The lowest BCUT2D eigenvalue weighted by Gasteiger charge is -2.16. The van der Waals surface area contributed by atoms with Crippen molar-refractivity contribution in [1.29, 1.82) is 0 Å². The van der Waals surface area contributed by atoms with E-state index in [1.807, 2.05) is 0 Å². The second-order valence-corrected chi connectivity index (χ2v) is 3.69. The summed E-state index contributed by atoms with van der Waals surface area (Å²) in [5.74, 6) is 0.154. The first kappa shape index (κ1) is 10.8. The quantitative estimate of drug-likeness (QED) is 0.795. The fraction of sp³-hybridized carbons (Fsp3) is 0.200. The number of nitrogens with one attached hydrogen (secondary N) is 1. The molecule has 1 aliphatic heterocycles. The van der Waals surface area contributed by atoms with Gasteiger partial charge >= 0.3 is 6.03 Å². The number of nitrogens with zero attached hydrogens (tertiary/aromatic N) is 1. The SMILES string of the molecule is COc1ccc(Cl)cc1N1CC(=O)NC1=O. The summed E-state index contributed by atoms with van der Waals surface area (Å²) in [6, 6.07) is 4.41. The molecule has 1 aliphatic rings. The lowest BCUT2D eigenvalue weighted by atomic mass is 10.2. The van der Waals surface area contributed by atoms with Crippen LogP contribution in [-0.2, 0) is 4.79 Å². The second-order valence-electron chi connectivity index (χ2n) is 3.26. The highest BCUT2D eigenvalue weighted by atomic mass is 35.5. The van der Waals surface area contributed by atoms with Crippen LogP contribution < -0.4 is 15.0 Å². The maximum Gasteiger partial charge on any atom is 0.329 e. The molecule has 0 aromatic heterocycles. The van der Waals surface area contributed by atoms with Crippen molar-refractivity contribution in [1.82, 2.24) is 5.32 Å². The van der Waals surface area contributed by atoms with Crippen molar-refractivity contribution in [3.63, 3.8) is 0 Å². The van der Waals surface area contributed by atoms with Crippen LogP contribution in [-0.4, -0.2) is 25.6 Å². The summed E-state index contributed by atoms with van der Waals surface area (Å²) >= 11 is 5.84. The minimum Gasteiger partial charge on any atom is -0.495 e. The van der Waals surface area contributed by atoms with E-state index < -0.39 is 6.03 Å². The lowest BCUT2D eigenvalue weighted by Crippen LogP contribution is -2.28.